The molecule has 0 aliphatic heterocycles. The number of methoxy groups -OCH3 is 1. The third-order valence-corrected chi connectivity index (χ3v) is 4.10. The molecule has 1 fully saturated rings. The van der Waals surface area contributed by atoms with Crippen molar-refractivity contribution in [1.29, 1.82) is 0 Å². The van der Waals surface area contributed by atoms with Crippen LogP contribution in [0.2, 0.25) is 0 Å². The third kappa shape index (κ3) is 4.96. The number of esters is 1. The minimum Gasteiger partial charge on any atom is -0.472 e. The number of nitrogens with zero attached hydrogens (tertiary/aromatic N) is 1. The van der Waals surface area contributed by atoms with E-state index in [9.17, 15) is 18.8 Å². The number of carbonyl (C=O) groups excluding carboxylic acids is 3. The number of hydrogen-bond donors (Lipinski definition) is 2. The monoisotopic (exact) mass is 353 g/mol. The number of hydrazine groups is 1. The van der Waals surface area contributed by atoms with Crippen LogP contribution < -0.4 is 16.0 Å². The van der Waals surface area contributed by atoms with Gasteiger partial charge in [-0.2, -0.15) is 0 Å². The van der Waals surface area contributed by atoms with Crippen LogP contribution in [0, 0.1) is 11.7 Å². The van der Waals surface area contributed by atoms with Gasteiger partial charge in [-0.05, 0) is 37.3 Å². The Hall–Kier alpha value is -2.55. The van der Waals surface area contributed by atoms with Gasteiger partial charge in [0.15, 0.2) is 5.82 Å². The average Bonchev–Trinajstić information content (AvgIpc) is 2.63. The van der Waals surface area contributed by atoms with Crippen LogP contribution in [0.3, 0.4) is 0 Å². The predicted octanol–water partition coefficient (Wildman–Crippen LogP) is 0.433. The summed E-state index contributed by atoms with van der Waals surface area (Å²) in [5.74, 6) is 1.85. The Balaban J connectivity index is 1.92. The van der Waals surface area contributed by atoms with E-state index < -0.39 is 17.5 Å². The van der Waals surface area contributed by atoms with Crippen LogP contribution in [0.1, 0.15) is 31.2 Å². The number of hydrogen-bond acceptors (Lipinski definition) is 7. The van der Waals surface area contributed by atoms with Gasteiger partial charge in [0, 0.05) is 12.6 Å². The summed E-state index contributed by atoms with van der Waals surface area (Å²) in [5.41, 5.74) is 1.96. The molecule has 136 valence electrons. The zero-order valence-corrected chi connectivity index (χ0v) is 13.8. The number of carbonyl (C=O) groups is 3. The molecule has 0 bridgehead atoms. The molecule has 9 heteroatoms. The number of amides is 1. The van der Waals surface area contributed by atoms with E-state index in [1.807, 2.05) is 0 Å². The van der Waals surface area contributed by atoms with Gasteiger partial charge in [0.25, 0.3) is 5.88 Å². The van der Waals surface area contributed by atoms with Crippen molar-refractivity contribution in [2.45, 2.75) is 38.2 Å². The first-order valence-electron chi connectivity index (χ1n) is 7.87. The van der Waals surface area contributed by atoms with Gasteiger partial charge in [-0.1, -0.05) is 0 Å². The lowest BCUT2D eigenvalue weighted by Crippen LogP contribution is -2.37. The number of halogens is 1. The van der Waals surface area contributed by atoms with Crippen LogP contribution in [0.4, 0.5) is 4.39 Å². The highest BCUT2D eigenvalue weighted by molar-refractivity contribution is 6.36. The van der Waals surface area contributed by atoms with Gasteiger partial charge in [-0.3, -0.25) is 19.8 Å². The smallest absolute Gasteiger partial charge is 0.308 e. The molecule has 1 heterocycles. The molecule has 1 saturated carbocycles. The van der Waals surface area contributed by atoms with Gasteiger partial charge < -0.3 is 9.47 Å². The van der Waals surface area contributed by atoms with Gasteiger partial charge >= 0.3 is 11.9 Å². The van der Waals surface area contributed by atoms with E-state index >= 15 is 0 Å². The second-order valence-corrected chi connectivity index (χ2v) is 5.82. The van der Waals surface area contributed by atoms with E-state index in [0.717, 1.165) is 6.07 Å². The van der Waals surface area contributed by atoms with Gasteiger partial charge in [0.1, 0.15) is 6.10 Å². The van der Waals surface area contributed by atoms with Crippen molar-refractivity contribution < 1.29 is 28.2 Å². The molecule has 8 nitrogen and oxygen atoms in total. The summed E-state index contributed by atoms with van der Waals surface area (Å²) in [4.78, 5) is 37.9. The molecule has 0 radical (unpaired) electrons. The van der Waals surface area contributed by atoms with E-state index in [1.165, 1.54) is 13.3 Å². The molecule has 2 rings (SSSR count). The lowest BCUT2D eigenvalue weighted by molar-refractivity contribution is -0.147. The normalized spacial score (nSPS) is 19.8. The maximum absolute atomic E-state index is 14.1. The fourth-order valence-electron chi connectivity index (χ4n) is 2.74. The molecule has 0 saturated heterocycles. The first kappa shape index (κ1) is 18.8. The Morgan fingerprint density at radius 1 is 1.32 bits per heavy atom. The number of nitrogens with one attached hydrogen (secondary N) is 1. The Morgan fingerprint density at radius 2 is 2.00 bits per heavy atom. The van der Waals surface area contributed by atoms with Crippen molar-refractivity contribution in [3.05, 3.63) is 23.6 Å². The number of pyridine rings is 1. The Labute approximate surface area is 143 Å². The Morgan fingerprint density at radius 3 is 2.56 bits per heavy atom. The summed E-state index contributed by atoms with van der Waals surface area (Å²) in [5, 5.41) is 0. The zero-order valence-electron chi connectivity index (χ0n) is 13.8. The summed E-state index contributed by atoms with van der Waals surface area (Å²) in [6.07, 6.45) is 3.14. The van der Waals surface area contributed by atoms with E-state index in [4.69, 9.17) is 15.3 Å². The molecular weight excluding hydrogens is 333 g/mol. The molecule has 1 aromatic rings. The standard InChI is InChI=1S/C16H20FN3O5/c1-24-16(23)10-2-4-11(5-3-10)25-15-12(17)6-9(8-19-15)7-13(21)14(22)20-18/h6,8,10-11H,2-5,7,18H2,1H3,(H,20,22). The Kier molecular flexibility index (Phi) is 6.40. The first-order valence-corrected chi connectivity index (χ1v) is 7.87. The van der Waals surface area contributed by atoms with E-state index in [2.05, 4.69) is 4.98 Å². The summed E-state index contributed by atoms with van der Waals surface area (Å²) in [6, 6.07) is 1.10. The van der Waals surface area contributed by atoms with Crippen molar-refractivity contribution in [2.24, 2.45) is 11.8 Å². The van der Waals surface area contributed by atoms with E-state index in [1.54, 1.807) is 5.43 Å². The van der Waals surface area contributed by atoms with Crippen molar-refractivity contribution in [3.63, 3.8) is 0 Å². The van der Waals surface area contributed by atoms with Crippen LogP contribution in [-0.2, 0) is 25.5 Å². The third-order valence-electron chi connectivity index (χ3n) is 4.10. The molecule has 1 amide bonds. The van der Waals surface area contributed by atoms with Gasteiger partial charge in [-0.15, -0.1) is 0 Å². The number of ketones is 1. The molecular formula is C16H20FN3O5. The number of Topliss-reactive ketones (excluding diaryl/α,β-unsaturated/α-hetero) is 1. The molecule has 0 aromatic carbocycles. The van der Waals surface area contributed by atoms with E-state index in [-0.39, 0.29) is 35.9 Å². The van der Waals surface area contributed by atoms with Crippen molar-refractivity contribution in [1.82, 2.24) is 10.4 Å². The maximum atomic E-state index is 14.1. The fraction of sp³-hybridized carbons (Fsp3) is 0.500. The van der Waals surface area contributed by atoms with Crippen LogP contribution in [-0.4, -0.2) is 35.9 Å². The maximum Gasteiger partial charge on any atom is 0.308 e. The predicted molar refractivity (Wildman–Crippen MR) is 83.6 cm³/mol. The Bertz CT molecular complexity index is 659. The van der Waals surface area contributed by atoms with Crippen molar-refractivity contribution in [2.75, 3.05) is 7.11 Å². The number of nitrogens with two attached hydrogens (primary N) is 1. The molecule has 0 atom stereocenters. The van der Waals surface area contributed by atoms with Gasteiger partial charge in [0.2, 0.25) is 5.78 Å². The van der Waals surface area contributed by atoms with E-state index in [0.29, 0.717) is 25.7 Å². The lowest BCUT2D eigenvalue weighted by atomic mass is 9.87. The first-order chi connectivity index (χ1) is 11.9. The van der Waals surface area contributed by atoms with Crippen LogP contribution in [0.15, 0.2) is 12.3 Å². The molecule has 3 N–H and O–H groups in total. The highest BCUT2D eigenvalue weighted by atomic mass is 19.1. The molecule has 1 aromatic heterocycles. The molecule has 1 aliphatic rings. The fourth-order valence-corrected chi connectivity index (χ4v) is 2.74. The second kappa shape index (κ2) is 8.52. The minimum absolute atomic E-state index is 0.148. The minimum atomic E-state index is -0.955. The topological polar surface area (TPSA) is 121 Å². The molecule has 0 unspecified atom stereocenters. The van der Waals surface area contributed by atoms with Gasteiger partial charge in [0.05, 0.1) is 13.0 Å². The summed E-state index contributed by atoms with van der Waals surface area (Å²) in [6.45, 7) is 0. The summed E-state index contributed by atoms with van der Waals surface area (Å²) >= 11 is 0. The zero-order chi connectivity index (χ0) is 18.4. The molecule has 25 heavy (non-hydrogen) atoms. The summed E-state index contributed by atoms with van der Waals surface area (Å²) in [7, 11) is 1.35. The highest BCUT2D eigenvalue weighted by Gasteiger charge is 2.28. The quantitative estimate of drug-likeness (QED) is 0.250. The SMILES string of the molecule is COC(=O)C1CCC(Oc2ncc(CC(=O)C(=O)NN)cc2F)CC1. The summed E-state index contributed by atoms with van der Waals surface area (Å²) < 4.78 is 24.4. The van der Waals surface area contributed by atoms with Crippen LogP contribution in [0.25, 0.3) is 0 Å². The van der Waals surface area contributed by atoms with Crippen molar-refractivity contribution in [3.8, 4) is 5.88 Å². The average molecular weight is 353 g/mol. The lowest BCUT2D eigenvalue weighted by Gasteiger charge is -2.27. The highest BCUT2D eigenvalue weighted by Crippen LogP contribution is 2.28. The number of aromatic nitrogens is 1. The van der Waals surface area contributed by atoms with Crippen LogP contribution in [0.5, 0.6) is 5.88 Å². The second-order valence-electron chi connectivity index (χ2n) is 5.82. The van der Waals surface area contributed by atoms with Crippen molar-refractivity contribution >= 4 is 17.7 Å². The number of rotatable bonds is 6. The largest absolute Gasteiger partial charge is 0.472 e. The molecule has 0 spiro atoms. The number of ether oxygens (including phenoxy) is 2. The van der Waals surface area contributed by atoms with Gasteiger partial charge in [-0.25, -0.2) is 15.2 Å². The van der Waals surface area contributed by atoms with Crippen LogP contribution >= 0.6 is 0 Å². The molecule has 1 aliphatic carbocycles.